The van der Waals surface area contributed by atoms with E-state index in [0.717, 1.165) is 18.4 Å². The number of amides is 1. The van der Waals surface area contributed by atoms with Crippen LogP contribution in [0, 0.1) is 0 Å². The Bertz CT molecular complexity index is 746. The molecule has 1 aromatic rings. The maximum atomic E-state index is 12.6. The number of nitrogens with one attached hydrogen (secondary N) is 2. The molecular weight excluding hydrogens is 408 g/mol. The van der Waals surface area contributed by atoms with Crippen LogP contribution in [0.25, 0.3) is 0 Å². The lowest BCUT2D eigenvalue weighted by molar-refractivity contribution is -0.223. The van der Waals surface area contributed by atoms with Gasteiger partial charge in [0.15, 0.2) is 17.9 Å². The minimum Gasteiger partial charge on any atom is -0.348 e. The van der Waals surface area contributed by atoms with E-state index in [4.69, 9.17) is 23.7 Å². The second-order valence-corrected chi connectivity index (χ2v) is 9.49. The third-order valence-corrected chi connectivity index (χ3v) is 5.94. The van der Waals surface area contributed by atoms with Gasteiger partial charge in [-0.2, -0.15) is 0 Å². The van der Waals surface area contributed by atoms with E-state index >= 15 is 0 Å². The van der Waals surface area contributed by atoms with Crippen molar-refractivity contribution in [2.24, 2.45) is 0 Å². The van der Waals surface area contributed by atoms with E-state index in [1.165, 1.54) is 5.56 Å². The Morgan fingerprint density at radius 2 is 1.83 bits per heavy atom. The van der Waals surface area contributed by atoms with Gasteiger partial charge in [0.25, 0.3) is 5.24 Å². The summed E-state index contributed by atoms with van der Waals surface area (Å²) in [6.07, 6.45) is -0.868. The van der Waals surface area contributed by atoms with Crippen LogP contribution in [0.1, 0.15) is 33.3 Å². The predicted molar refractivity (Wildman–Crippen MR) is 112 cm³/mol. The predicted octanol–water partition coefficient (Wildman–Crippen LogP) is 2.57. The number of hydrogen-bond acceptors (Lipinski definition) is 8. The van der Waals surface area contributed by atoms with Gasteiger partial charge in [-0.1, -0.05) is 30.3 Å². The van der Waals surface area contributed by atoms with Crippen LogP contribution >= 0.6 is 11.9 Å². The van der Waals surface area contributed by atoms with Crippen LogP contribution in [-0.2, 0) is 30.1 Å². The quantitative estimate of drug-likeness (QED) is 0.518. The average Bonchev–Trinajstić information content (AvgIpc) is 3.29. The first-order chi connectivity index (χ1) is 14.2. The zero-order valence-electron chi connectivity index (χ0n) is 17.8. The number of ether oxygens (including phenoxy) is 5. The lowest BCUT2D eigenvalue weighted by Gasteiger charge is -2.29. The number of fused-ring (bicyclic) bond motifs is 1. The van der Waals surface area contributed by atoms with E-state index < -0.39 is 36.1 Å². The van der Waals surface area contributed by atoms with E-state index in [2.05, 4.69) is 22.2 Å². The summed E-state index contributed by atoms with van der Waals surface area (Å²) in [5.41, 5.74) is 1.22. The summed E-state index contributed by atoms with van der Waals surface area (Å²) in [5, 5.41) is 2.84. The Balaban J connectivity index is 1.33. The molecule has 0 aliphatic carbocycles. The molecule has 3 aliphatic heterocycles. The van der Waals surface area contributed by atoms with Crippen LogP contribution in [-0.4, -0.2) is 60.6 Å². The summed E-state index contributed by atoms with van der Waals surface area (Å²) in [7, 11) is 0. The van der Waals surface area contributed by atoms with Gasteiger partial charge in [0.1, 0.15) is 18.3 Å². The van der Waals surface area contributed by atoms with Crippen LogP contribution in [0.3, 0.4) is 0 Å². The van der Waals surface area contributed by atoms with Gasteiger partial charge in [-0.15, -0.1) is 0 Å². The minimum absolute atomic E-state index is 0.200. The molecule has 4 rings (SSSR count). The molecule has 0 spiro atoms. The monoisotopic (exact) mass is 438 g/mol. The molecule has 3 aliphatic rings. The fraction of sp³-hybridized carbons (Fsp3) is 0.667. The summed E-state index contributed by atoms with van der Waals surface area (Å²) in [5.74, 6) is -1.45. The summed E-state index contributed by atoms with van der Waals surface area (Å²) in [6, 6.07) is 9.73. The highest BCUT2D eigenvalue weighted by Gasteiger charge is 2.58. The van der Waals surface area contributed by atoms with Crippen molar-refractivity contribution in [3.63, 3.8) is 0 Å². The Kier molecular flexibility index (Phi) is 6.41. The summed E-state index contributed by atoms with van der Waals surface area (Å²) in [6.45, 7) is 8.45. The highest BCUT2D eigenvalue weighted by molar-refractivity contribution is 8.11. The Hall–Kier alpha value is -1.20. The molecule has 166 valence electrons. The molecule has 9 heteroatoms. The van der Waals surface area contributed by atoms with Crippen LogP contribution in [0.4, 0.5) is 4.79 Å². The standard InChI is InChI=1S/C21H30N2O6S/c1-20(2)25-12-14(27-20)16-15(17-18(26-16)29-21(3,4)28-17)23-19(24)30-22-11-10-13-8-6-5-7-9-13/h5-9,14-18,22H,10-12H2,1-4H3,(H,23,24)/t14-,15-,16-,17-,18-/m1/s1. The van der Waals surface area contributed by atoms with Crippen molar-refractivity contribution in [3.8, 4) is 0 Å². The lowest BCUT2D eigenvalue weighted by atomic mass is 10.0. The second kappa shape index (κ2) is 8.74. The van der Waals surface area contributed by atoms with Crippen molar-refractivity contribution in [3.05, 3.63) is 35.9 Å². The molecule has 0 unspecified atom stereocenters. The van der Waals surface area contributed by atoms with Crippen LogP contribution < -0.4 is 10.0 Å². The number of benzene rings is 1. The molecule has 5 atom stereocenters. The van der Waals surface area contributed by atoms with E-state index in [-0.39, 0.29) is 11.3 Å². The number of carbonyl (C=O) groups is 1. The Morgan fingerprint density at radius 1 is 1.07 bits per heavy atom. The van der Waals surface area contributed by atoms with Crippen molar-refractivity contribution in [2.45, 2.75) is 76.3 Å². The van der Waals surface area contributed by atoms with Gasteiger partial charge in [-0.3, -0.25) is 9.52 Å². The molecule has 8 nitrogen and oxygen atoms in total. The van der Waals surface area contributed by atoms with Crippen molar-refractivity contribution < 1.29 is 28.5 Å². The lowest BCUT2D eigenvalue weighted by Crippen LogP contribution is -2.52. The van der Waals surface area contributed by atoms with E-state index in [0.29, 0.717) is 13.2 Å². The average molecular weight is 439 g/mol. The van der Waals surface area contributed by atoms with Crippen LogP contribution in [0.2, 0.25) is 0 Å². The molecule has 2 N–H and O–H groups in total. The van der Waals surface area contributed by atoms with E-state index in [1.54, 1.807) is 0 Å². The summed E-state index contributed by atoms with van der Waals surface area (Å²) >= 11 is 1.04. The number of carbonyl (C=O) groups excluding carboxylic acids is 1. The summed E-state index contributed by atoms with van der Waals surface area (Å²) in [4.78, 5) is 12.6. The molecule has 3 saturated heterocycles. The van der Waals surface area contributed by atoms with Crippen molar-refractivity contribution in [1.82, 2.24) is 10.0 Å². The minimum atomic E-state index is -0.767. The Morgan fingerprint density at radius 3 is 2.53 bits per heavy atom. The van der Waals surface area contributed by atoms with E-state index in [9.17, 15) is 4.79 Å². The first-order valence-electron chi connectivity index (χ1n) is 10.3. The molecule has 0 aromatic heterocycles. The largest absolute Gasteiger partial charge is 0.348 e. The third kappa shape index (κ3) is 5.16. The Labute approximate surface area is 181 Å². The van der Waals surface area contributed by atoms with Crippen LogP contribution in [0.15, 0.2) is 30.3 Å². The SMILES string of the molecule is CC1(C)O[C@H]2O[C@H]([C@H]3COC(C)(C)O3)[C@@H](NC(=O)SNCCc3ccccc3)[C@H]2O1. The highest BCUT2D eigenvalue weighted by Crippen LogP contribution is 2.40. The molecule has 1 amide bonds. The van der Waals surface area contributed by atoms with Crippen molar-refractivity contribution in [1.29, 1.82) is 0 Å². The van der Waals surface area contributed by atoms with Crippen LogP contribution in [0.5, 0.6) is 0 Å². The topological polar surface area (TPSA) is 87.3 Å². The highest BCUT2D eigenvalue weighted by atomic mass is 32.2. The molecule has 30 heavy (non-hydrogen) atoms. The molecule has 0 saturated carbocycles. The number of rotatable bonds is 6. The first kappa shape index (κ1) is 22.0. The zero-order valence-corrected chi connectivity index (χ0v) is 18.6. The second-order valence-electron chi connectivity index (χ2n) is 8.63. The summed E-state index contributed by atoms with van der Waals surface area (Å²) < 4.78 is 32.8. The normalized spacial score (nSPS) is 34.1. The fourth-order valence-corrected chi connectivity index (χ4v) is 4.54. The van der Waals surface area contributed by atoms with Gasteiger partial charge in [0.2, 0.25) is 0 Å². The molecular formula is C21H30N2O6S. The van der Waals surface area contributed by atoms with Crippen molar-refractivity contribution >= 4 is 17.2 Å². The van der Waals surface area contributed by atoms with Gasteiger partial charge in [-0.25, -0.2) is 0 Å². The molecule has 3 heterocycles. The zero-order chi connectivity index (χ0) is 21.4. The van der Waals surface area contributed by atoms with Gasteiger partial charge in [-0.05, 0) is 39.7 Å². The smallest absolute Gasteiger partial charge is 0.294 e. The maximum Gasteiger partial charge on any atom is 0.294 e. The number of hydrogen-bond donors (Lipinski definition) is 2. The third-order valence-electron chi connectivity index (χ3n) is 5.29. The van der Waals surface area contributed by atoms with Gasteiger partial charge in [0.05, 0.1) is 12.6 Å². The van der Waals surface area contributed by atoms with Gasteiger partial charge < -0.3 is 29.0 Å². The van der Waals surface area contributed by atoms with Crippen molar-refractivity contribution in [2.75, 3.05) is 13.2 Å². The molecule has 0 radical (unpaired) electrons. The fourth-order valence-electron chi connectivity index (χ4n) is 4.01. The maximum absolute atomic E-state index is 12.6. The van der Waals surface area contributed by atoms with Gasteiger partial charge in [0, 0.05) is 18.5 Å². The first-order valence-corrected chi connectivity index (χ1v) is 11.1. The van der Waals surface area contributed by atoms with Gasteiger partial charge >= 0.3 is 0 Å². The molecule has 3 fully saturated rings. The molecule has 0 bridgehead atoms. The molecule has 1 aromatic carbocycles. The van der Waals surface area contributed by atoms with E-state index in [1.807, 2.05) is 45.9 Å².